The fourth-order valence-electron chi connectivity index (χ4n) is 1.57. The quantitative estimate of drug-likeness (QED) is 0.863. The van der Waals surface area contributed by atoms with Crippen molar-refractivity contribution < 1.29 is 17.9 Å². The molecule has 0 bridgehead atoms. The Morgan fingerprint density at radius 1 is 1.35 bits per heavy atom. The molecule has 2 nitrogen and oxygen atoms in total. The maximum atomic E-state index is 12.5. The molecule has 1 N–H and O–H groups in total. The minimum absolute atomic E-state index is 0.354. The fourth-order valence-corrected chi connectivity index (χ4v) is 1.57. The van der Waals surface area contributed by atoms with Crippen LogP contribution in [0.2, 0.25) is 0 Å². The Balaban J connectivity index is 2.95. The molecule has 0 saturated heterocycles. The van der Waals surface area contributed by atoms with E-state index in [1.165, 1.54) is 6.07 Å². The van der Waals surface area contributed by atoms with Crippen LogP contribution >= 0.6 is 0 Å². The zero-order valence-corrected chi connectivity index (χ0v) is 9.84. The van der Waals surface area contributed by atoms with Gasteiger partial charge in [-0.3, -0.25) is 0 Å². The zero-order valence-electron chi connectivity index (χ0n) is 9.84. The maximum absolute atomic E-state index is 12.5. The first-order chi connectivity index (χ1) is 7.99. The minimum Gasteiger partial charge on any atom is -0.372 e. The molecule has 0 fully saturated rings. The number of hydrogen-bond acceptors (Lipinski definition) is 2. The Hall–Kier alpha value is -1.07. The van der Waals surface area contributed by atoms with Gasteiger partial charge in [0.05, 0.1) is 11.7 Å². The standard InChI is InChI=1S/C12H16F3NO/c1-3-17-11(8-16-2)9-5-4-6-10(7-9)12(13,14)15/h4-7,11,16H,3,8H2,1-2H3/t11-/m1/s1. The largest absolute Gasteiger partial charge is 0.416 e. The molecule has 0 aliphatic rings. The summed E-state index contributed by atoms with van der Waals surface area (Å²) in [5.74, 6) is 0. The van der Waals surface area contributed by atoms with Crippen molar-refractivity contribution in [3.8, 4) is 0 Å². The van der Waals surface area contributed by atoms with E-state index in [9.17, 15) is 13.2 Å². The summed E-state index contributed by atoms with van der Waals surface area (Å²) in [5, 5.41) is 2.90. The predicted molar refractivity (Wildman–Crippen MR) is 59.7 cm³/mol. The van der Waals surface area contributed by atoms with Gasteiger partial charge in [0.25, 0.3) is 0 Å². The summed E-state index contributed by atoms with van der Waals surface area (Å²) in [7, 11) is 1.74. The average Bonchev–Trinajstić information content (AvgIpc) is 2.28. The fraction of sp³-hybridized carbons (Fsp3) is 0.500. The van der Waals surface area contributed by atoms with Gasteiger partial charge in [-0.2, -0.15) is 13.2 Å². The molecule has 0 aliphatic heterocycles. The normalized spacial score (nSPS) is 13.7. The van der Waals surface area contributed by atoms with Gasteiger partial charge in [-0.05, 0) is 31.7 Å². The minimum atomic E-state index is -4.31. The highest BCUT2D eigenvalue weighted by Gasteiger charge is 2.30. The molecule has 0 aliphatic carbocycles. The molecule has 0 amide bonds. The second-order valence-electron chi connectivity index (χ2n) is 3.62. The molecule has 0 spiro atoms. The molecule has 1 aromatic carbocycles. The molecule has 96 valence electrons. The molecule has 1 aromatic rings. The Labute approximate surface area is 98.8 Å². The van der Waals surface area contributed by atoms with Crippen LogP contribution in [-0.4, -0.2) is 20.2 Å². The lowest BCUT2D eigenvalue weighted by molar-refractivity contribution is -0.137. The van der Waals surface area contributed by atoms with Crippen LogP contribution in [-0.2, 0) is 10.9 Å². The Morgan fingerprint density at radius 3 is 2.59 bits per heavy atom. The third-order valence-electron chi connectivity index (χ3n) is 2.34. The van der Waals surface area contributed by atoms with Crippen LogP contribution in [0, 0.1) is 0 Å². The lowest BCUT2D eigenvalue weighted by Crippen LogP contribution is -2.20. The first-order valence-electron chi connectivity index (χ1n) is 5.42. The number of alkyl halides is 3. The van der Waals surface area contributed by atoms with Crippen molar-refractivity contribution in [1.82, 2.24) is 5.32 Å². The first kappa shape index (κ1) is 14.0. The van der Waals surface area contributed by atoms with Crippen molar-refractivity contribution in [2.45, 2.75) is 19.2 Å². The highest BCUT2D eigenvalue weighted by Crippen LogP contribution is 2.31. The molecule has 0 unspecified atom stereocenters. The SMILES string of the molecule is CCO[C@H](CNC)c1cccc(C(F)(F)F)c1. The van der Waals surface area contributed by atoms with Crippen LogP contribution in [0.3, 0.4) is 0 Å². The summed E-state index contributed by atoms with van der Waals surface area (Å²) in [4.78, 5) is 0. The summed E-state index contributed by atoms with van der Waals surface area (Å²) in [6, 6.07) is 5.25. The van der Waals surface area contributed by atoms with Gasteiger partial charge in [0.2, 0.25) is 0 Å². The molecular weight excluding hydrogens is 231 g/mol. The highest BCUT2D eigenvalue weighted by molar-refractivity contribution is 5.27. The Morgan fingerprint density at radius 2 is 2.06 bits per heavy atom. The third kappa shape index (κ3) is 4.02. The molecule has 1 rings (SSSR count). The molecule has 1 atom stereocenters. The maximum Gasteiger partial charge on any atom is 0.416 e. The zero-order chi connectivity index (χ0) is 12.9. The third-order valence-corrected chi connectivity index (χ3v) is 2.34. The monoisotopic (exact) mass is 247 g/mol. The number of likely N-dealkylation sites (N-methyl/N-ethyl adjacent to an activating group) is 1. The van der Waals surface area contributed by atoms with E-state index in [2.05, 4.69) is 5.32 Å². The summed E-state index contributed by atoms with van der Waals surface area (Å²) in [5.41, 5.74) is -0.105. The van der Waals surface area contributed by atoms with E-state index in [0.717, 1.165) is 12.1 Å². The molecule has 0 heterocycles. The molecule has 0 radical (unpaired) electrons. The number of benzene rings is 1. The number of halogens is 3. The Bertz CT molecular complexity index is 346. The molecule has 0 saturated carbocycles. The van der Waals surface area contributed by atoms with Gasteiger partial charge in [-0.15, -0.1) is 0 Å². The van der Waals surface area contributed by atoms with Crippen molar-refractivity contribution in [2.75, 3.05) is 20.2 Å². The summed E-state index contributed by atoms with van der Waals surface area (Å²) >= 11 is 0. The average molecular weight is 247 g/mol. The smallest absolute Gasteiger partial charge is 0.372 e. The number of hydrogen-bond donors (Lipinski definition) is 1. The van der Waals surface area contributed by atoms with E-state index in [-0.39, 0.29) is 6.10 Å². The van der Waals surface area contributed by atoms with Gasteiger partial charge in [-0.1, -0.05) is 12.1 Å². The van der Waals surface area contributed by atoms with Crippen LogP contribution in [0.4, 0.5) is 13.2 Å². The van der Waals surface area contributed by atoms with Crippen LogP contribution in [0.15, 0.2) is 24.3 Å². The van der Waals surface area contributed by atoms with Crippen LogP contribution in [0.5, 0.6) is 0 Å². The summed E-state index contributed by atoms with van der Waals surface area (Å²) < 4.78 is 43.0. The summed E-state index contributed by atoms with van der Waals surface area (Å²) in [6.07, 6.45) is -4.67. The second kappa shape index (κ2) is 6.02. The molecule has 5 heteroatoms. The van der Waals surface area contributed by atoms with Gasteiger partial charge < -0.3 is 10.1 Å². The highest BCUT2D eigenvalue weighted by atomic mass is 19.4. The molecular formula is C12H16F3NO. The van der Waals surface area contributed by atoms with Crippen LogP contribution in [0.25, 0.3) is 0 Å². The van der Waals surface area contributed by atoms with Crippen LogP contribution in [0.1, 0.15) is 24.2 Å². The van der Waals surface area contributed by atoms with Crippen molar-refractivity contribution in [2.24, 2.45) is 0 Å². The van der Waals surface area contributed by atoms with Crippen LogP contribution < -0.4 is 5.32 Å². The van der Waals surface area contributed by atoms with Gasteiger partial charge >= 0.3 is 6.18 Å². The molecule has 0 aromatic heterocycles. The van der Waals surface area contributed by atoms with Crippen molar-refractivity contribution in [1.29, 1.82) is 0 Å². The predicted octanol–water partition coefficient (Wildman–Crippen LogP) is 3.00. The van der Waals surface area contributed by atoms with Gasteiger partial charge in [0.15, 0.2) is 0 Å². The number of nitrogens with one attached hydrogen (secondary N) is 1. The van der Waals surface area contributed by atoms with E-state index < -0.39 is 11.7 Å². The van der Waals surface area contributed by atoms with Gasteiger partial charge in [0.1, 0.15) is 0 Å². The van der Waals surface area contributed by atoms with E-state index in [0.29, 0.717) is 18.7 Å². The van der Waals surface area contributed by atoms with E-state index in [1.807, 2.05) is 6.92 Å². The summed E-state index contributed by atoms with van der Waals surface area (Å²) in [6.45, 7) is 2.76. The number of rotatable bonds is 5. The van der Waals surface area contributed by atoms with Gasteiger partial charge in [0, 0.05) is 13.2 Å². The van der Waals surface area contributed by atoms with Crippen molar-refractivity contribution in [3.05, 3.63) is 35.4 Å². The first-order valence-corrected chi connectivity index (χ1v) is 5.42. The number of ether oxygens (including phenoxy) is 1. The van der Waals surface area contributed by atoms with Crippen molar-refractivity contribution in [3.63, 3.8) is 0 Å². The van der Waals surface area contributed by atoms with E-state index >= 15 is 0 Å². The molecule has 17 heavy (non-hydrogen) atoms. The second-order valence-corrected chi connectivity index (χ2v) is 3.62. The van der Waals surface area contributed by atoms with E-state index in [1.54, 1.807) is 13.1 Å². The topological polar surface area (TPSA) is 21.3 Å². The lowest BCUT2D eigenvalue weighted by atomic mass is 10.1. The van der Waals surface area contributed by atoms with E-state index in [4.69, 9.17) is 4.74 Å². The van der Waals surface area contributed by atoms with Gasteiger partial charge in [-0.25, -0.2) is 0 Å². The van der Waals surface area contributed by atoms with Crippen molar-refractivity contribution >= 4 is 0 Å². The Kier molecular flexibility index (Phi) is 4.96. The lowest BCUT2D eigenvalue weighted by Gasteiger charge is -2.18.